The number of rotatable bonds is 3. The third-order valence-corrected chi connectivity index (χ3v) is 2.48. The molecule has 0 spiro atoms. The Morgan fingerprint density at radius 1 is 1.47 bits per heavy atom. The topological polar surface area (TPSA) is 37.3 Å². The van der Waals surface area contributed by atoms with Gasteiger partial charge in [0.1, 0.15) is 0 Å². The predicted octanol–water partition coefficient (Wildman–Crippen LogP) is 3.56. The van der Waals surface area contributed by atoms with E-state index < -0.39 is 12.1 Å². The maximum absolute atomic E-state index is 13.1. The molecule has 0 aliphatic heterocycles. The molecule has 1 aromatic carbocycles. The van der Waals surface area contributed by atoms with Crippen LogP contribution in [-0.4, -0.2) is 11.1 Å². The summed E-state index contributed by atoms with van der Waals surface area (Å²) in [6, 6.07) is 4.49. The minimum Gasteiger partial charge on any atom is -0.479 e. The van der Waals surface area contributed by atoms with Crippen LogP contribution in [0.25, 0.3) is 0 Å². The van der Waals surface area contributed by atoms with Crippen molar-refractivity contribution in [3.63, 3.8) is 0 Å². The summed E-state index contributed by atoms with van der Waals surface area (Å²) < 4.78 is 13.1. The van der Waals surface area contributed by atoms with E-state index in [0.717, 1.165) is 5.56 Å². The third kappa shape index (κ3) is 2.69. The first-order valence-electron chi connectivity index (χ1n) is 4.59. The van der Waals surface area contributed by atoms with E-state index in [0.29, 0.717) is 5.02 Å². The predicted molar refractivity (Wildman–Crippen MR) is 57.0 cm³/mol. The SMILES string of the molecule is CC(C)c1ccc(C(F)C(=O)O)cc1Cl. The lowest BCUT2D eigenvalue weighted by Crippen LogP contribution is -2.06. The number of aliphatic carboxylic acids is 1. The summed E-state index contributed by atoms with van der Waals surface area (Å²) in [5.41, 5.74) is 0.968. The Morgan fingerprint density at radius 3 is 2.47 bits per heavy atom. The molecule has 0 aliphatic carbocycles. The number of carboxylic acid groups (broad SMARTS) is 1. The van der Waals surface area contributed by atoms with Crippen LogP contribution >= 0.6 is 11.6 Å². The second kappa shape index (κ2) is 4.62. The van der Waals surface area contributed by atoms with Crippen LogP contribution in [0, 0.1) is 0 Å². The molecule has 1 atom stereocenters. The molecule has 0 aliphatic rings. The number of alkyl halides is 1. The quantitative estimate of drug-likeness (QED) is 0.862. The van der Waals surface area contributed by atoms with Crippen LogP contribution in [0.1, 0.15) is 37.1 Å². The second-order valence-electron chi connectivity index (χ2n) is 3.64. The van der Waals surface area contributed by atoms with Gasteiger partial charge in [0.2, 0.25) is 6.17 Å². The van der Waals surface area contributed by atoms with Gasteiger partial charge in [-0.15, -0.1) is 0 Å². The van der Waals surface area contributed by atoms with E-state index in [1.54, 1.807) is 6.07 Å². The van der Waals surface area contributed by atoms with Gasteiger partial charge in [-0.1, -0.05) is 37.6 Å². The van der Waals surface area contributed by atoms with Crippen molar-refractivity contribution in [1.29, 1.82) is 0 Å². The number of carboxylic acids is 1. The molecule has 1 N–H and O–H groups in total. The van der Waals surface area contributed by atoms with Gasteiger partial charge in [0.25, 0.3) is 0 Å². The van der Waals surface area contributed by atoms with Crippen LogP contribution in [0.15, 0.2) is 18.2 Å². The maximum atomic E-state index is 13.1. The normalized spacial score (nSPS) is 12.9. The second-order valence-corrected chi connectivity index (χ2v) is 4.04. The lowest BCUT2D eigenvalue weighted by atomic mass is 10.0. The summed E-state index contributed by atoms with van der Waals surface area (Å²) in [6.45, 7) is 3.93. The third-order valence-electron chi connectivity index (χ3n) is 2.16. The molecule has 0 bridgehead atoms. The molecule has 0 saturated carbocycles. The highest BCUT2D eigenvalue weighted by atomic mass is 35.5. The van der Waals surface area contributed by atoms with Crippen molar-refractivity contribution < 1.29 is 14.3 Å². The molecule has 1 rings (SSSR count). The fourth-order valence-electron chi connectivity index (χ4n) is 1.31. The molecular weight excluding hydrogens is 219 g/mol. The van der Waals surface area contributed by atoms with Gasteiger partial charge in [0.15, 0.2) is 0 Å². The minimum atomic E-state index is -2.01. The molecule has 0 amide bonds. The Bertz CT molecular complexity index is 377. The first kappa shape index (κ1) is 12.0. The van der Waals surface area contributed by atoms with Gasteiger partial charge >= 0.3 is 5.97 Å². The van der Waals surface area contributed by atoms with Crippen LogP contribution in [-0.2, 0) is 4.79 Å². The molecule has 0 saturated heterocycles. The van der Waals surface area contributed by atoms with Crippen molar-refractivity contribution in [3.8, 4) is 0 Å². The Balaban J connectivity index is 3.06. The van der Waals surface area contributed by atoms with Crippen molar-refractivity contribution in [2.45, 2.75) is 25.9 Å². The zero-order chi connectivity index (χ0) is 11.6. The zero-order valence-electron chi connectivity index (χ0n) is 8.50. The van der Waals surface area contributed by atoms with Crippen molar-refractivity contribution in [2.75, 3.05) is 0 Å². The Morgan fingerprint density at radius 2 is 2.07 bits per heavy atom. The van der Waals surface area contributed by atoms with E-state index in [1.165, 1.54) is 12.1 Å². The van der Waals surface area contributed by atoms with E-state index in [-0.39, 0.29) is 11.5 Å². The summed E-state index contributed by atoms with van der Waals surface area (Å²) >= 11 is 5.91. The number of halogens is 2. The molecule has 15 heavy (non-hydrogen) atoms. The van der Waals surface area contributed by atoms with Gasteiger partial charge < -0.3 is 5.11 Å². The van der Waals surface area contributed by atoms with Crippen molar-refractivity contribution in [2.24, 2.45) is 0 Å². The standard InChI is InChI=1S/C11H12ClFO2/c1-6(2)8-4-3-7(5-9(8)12)10(13)11(14)15/h3-6,10H,1-2H3,(H,14,15). The largest absolute Gasteiger partial charge is 0.479 e. The van der Waals surface area contributed by atoms with Crippen molar-refractivity contribution in [3.05, 3.63) is 34.3 Å². The average molecular weight is 231 g/mol. The summed E-state index contributed by atoms with van der Waals surface area (Å²) in [4.78, 5) is 10.4. The van der Waals surface area contributed by atoms with Gasteiger partial charge in [0, 0.05) is 5.02 Å². The van der Waals surface area contributed by atoms with Crippen LogP contribution in [0.2, 0.25) is 5.02 Å². The number of benzene rings is 1. The highest BCUT2D eigenvalue weighted by Crippen LogP contribution is 2.28. The summed E-state index contributed by atoms with van der Waals surface area (Å²) in [7, 11) is 0. The fourth-order valence-corrected chi connectivity index (χ4v) is 1.72. The van der Waals surface area contributed by atoms with Gasteiger partial charge in [-0.05, 0) is 23.1 Å². The Kier molecular flexibility index (Phi) is 3.69. The minimum absolute atomic E-state index is 0.0805. The fraction of sp³-hybridized carbons (Fsp3) is 0.364. The maximum Gasteiger partial charge on any atom is 0.343 e. The van der Waals surface area contributed by atoms with E-state index >= 15 is 0 Å². The molecule has 0 radical (unpaired) electrons. The molecule has 82 valence electrons. The number of hydrogen-bond acceptors (Lipinski definition) is 1. The van der Waals surface area contributed by atoms with Crippen LogP contribution < -0.4 is 0 Å². The van der Waals surface area contributed by atoms with Crippen molar-refractivity contribution >= 4 is 17.6 Å². The van der Waals surface area contributed by atoms with E-state index in [4.69, 9.17) is 16.7 Å². The number of hydrogen-bond donors (Lipinski definition) is 1. The Labute approximate surface area is 92.7 Å². The highest BCUT2D eigenvalue weighted by Gasteiger charge is 2.19. The lowest BCUT2D eigenvalue weighted by Gasteiger charge is -2.10. The van der Waals surface area contributed by atoms with Crippen LogP contribution in [0.4, 0.5) is 4.39 Å². The summed E-state index contributed by atoms with van der Waals surface area (Å²) in [6.07, 6.45) is -2.01. The molecule has 2 nitrogen and oxygen atoms in total. The highest BCUT2D eigenvalue weighted by molar-refractivity contribution is 6.31. The van der Waals surface area contributed by atoms with Gasteiger partial charge in [-0.3, -0.25) is 0 Å². The van der Waals surface area contributed by atoms with E-state index in [9.17, 15) is 9.18 Å². The Hall–Kier alpha value is -1.09. The molecule has 1 unspecified atom stereocenters. The monoisotopic (exact) mass is 230 g/mol. The van der Waals surface area contributed by atoms with Crippen LogP contribution in [0.5, 0.6) is 0 Å². The molecule has 4 heteroatoms. The van der Waals surface area contributed by atoms with E-state index in [2.05, 4.69) is 0 Å². The first-order chi connectivity index (χ1) is 6.93. The zero-order valence-corrected chi connectivity index (χ0v) is 9.25. The molecule has 1 aromatic rings. The molecule has 0 aromatic heterocycles. The van der Waals surface area contributed by atoms with Gasteiger partial charge in [0.05, 0.1) is 0 Å². The van der Waals surface area contributed by atoms with Gasteiger partial charge in [-0.2, -0.15) is 0 Å². The van der Waals surface area contributed by atoms with Gasteiger partial charge in [-0.25, -0.2) is 9.18 Å². The lowest BCUT2D eigenvalue weighted by molar-refractivity contribution is -0.143. The summed E-state index contributed by atoms with van der Waals surface area (Å²) in [5, 5.41) is 8.90. The van der Waals surface area contributed by atoms with E-state index in [1.807, 2.05) is 13.8 Å². The molecule has 0 fully saturated rings. The molecular formula is C11H12ClFO2. The summed E-state index contributed by atoms with van der Waals surface area (Å²) in [5.74, 6) is -1.27. The van der Waals surface area contributed by atoms with Crippen molar-refractivity contribution in [1.82, 2.24) is 0 Å². The molecule has 0 heterocycles. The van der Waals surface area contributed by atoms with Crippen LogP contribution in [0.3, 0.4) is 0 Å². The number of carbonyl (C=O) groups is 1. The first-order valence-corrected chi connectivity index (χ1v) is 4.97. The smallest absolute Gasteiger partial charge is 0.343 e. The average Bonchev–Trinajstić information content (AvgIpc) is 2.15.